The average Bonchev–Trinajstić information content (AvgIpc) is 3.16. The first-order chi connectivity index (χ1) is 25.9. The van der Waals surface area contributed by atoms with Crippen LogP contribution in [0.5, 0.6) is 0 Å². The summed E-state index contributed by atoms with van der Waals surface area (Å²) in [5.41, 5.74) is 5.74. The van der Waals surface area contributed by atoms with Crippen molar-refractivity contribution in [1.29, 1.82) is 0 Å². The van der Waals surface area contributed by atoms with E-state index < -0.39 is 6.04 Å². The maximum atomic E-state index is 13.9. The van der Waals surface area contributed by atoms with Gasteiger partial charge in [0.15, 0.2) is 0 Å². The molecule has 0 spiro atoms. The van der Waals surface area contributed by atoms with Gasteiger partial charge in [0.2, 0.25) is 5.91 Å². The van der Waals surface area contributed by atoms with Crippen molar-refractivity contribution < 1.29 is 29.0 Å². The van der Waals surface area contributed by atoms with E-state index in [0.29, 0.717) is 19.5 Å². The van der Waals surface area contributed by atoms with Crippen molar-refractivity contribution in [2.75, 3.05) is 46.0 Å². The molecule has 0 radical (unpaired) electrons. The van der Waals surface area contributed by atoms with Crippen LogP contribution in [0.1, 0.15) is 201 Å². The largest absolute Gasteiger partial charge is 0.464 e. The number of rotatable bonds is 40. The molecule has 3 unspecified atom stereocenters. The SMILES string of the molecule is CCCCCCCCC(CCCCCC)C(=O)OCCN(CCOC(=O)C(CCCCCC)CCCCCCCC)C(=O)C(CCCCN)NCCO. The average molecular weight is 754 g/mol. The van der Waals surface area contributed by atoms with Crippen molar-refractivity contribution in [1.82, 2.24) is 10.2 Å². The lowest BCUT2D eigenvalue weighted by atomic mass is 9.94. The normalized spacial score (nSPS) is 13.1. The van der Waals surface area contributed by atoms with Gasteiger partial charge in [0.25, 0.3) is 0 Å². The highest BCUT2D eigenvalue weighted by molar-refractivity contribution is 5.82. The molecule has 0 fully saturated rings. The molecule has 0 saturated heterocycles. The number of aliphatic hydroxyl groups excluding tert-OH is 1. The van der Waals surface area contributed by atoms with Gasteiger partial charge in [-0.1, -0.05) is 163 Å². The van der Waals surface area contributed by atoms with Gasteiger partial charge in [-0.05, 0) is 45.1 Å². The van der Waals surface area contributed by atoms with E-state index in [1.807, 2.05) is 0 Å². The fourth-order valence-electron chi connectivity index (χ4n) is 7.08. The standard InChI is InChI=1S/C44H87N3O6/c1-5-9-13-17-19-23-29-39(27-21-15-11-7-3)43(50)52-37-34-47(42(49)41(46-33-36-48)31-25-26-32-45)35-38-53-44(51)40(28-22-16-12-8-4)30-24-20-18-14-10-6-2/h39-41,46,48H,5-38,45H2,1-4H3. The molecule has 53 heavy (non-hydrogen) atoms. The lowest BCUT2D eigenvalue weighted by Crippen LogP contribution is -2.49. The molecule has 0 aromatic rings. The molecule has 0 aliphatic carbocycles. The summed E-state index contributed by atoms with van der Waals surface area (Å²) in [6.45, 7) is 10.3. The van der Waals surface area contributed by atoms with E-state index in [2.05, 4.69) is 33.0 Å². The number of carbonyl (C=O) groups excluding carboxylic acids is 3. The van der Waals surface area contributed by atoms with Gasteiger partial charge in [0.05, 0.1) is 37.6 Å². The van der Waals surface area contributed by atoms with Crippen molar-refractivity contribution in [3.63, 3.8) is 0 Å². The van der Waals surface area contributed by atoms with Crippen molar-refractivity contribution >= 4 is 17.8 Å². The predicted octanol–water partition coefficient (Wildman–Crippen LogP) is 9.66. The zero-order valence-electron chi connectivity index (χ0n) is 35.3. The highest BCUT2D eigenvalue weighted by atomic mass is 16.5. The van der Waals surface area contributed by atoms with Crippen molar-refractivity contribution in [3.8, 4) is 0 Å². The van der Waals surface area contributed by atoms with Crippen molar-refractivity contribution in [2.24, 2.45) is 17.6 Å². The Morgan fingerprint density at radius 2 is 0.906 bits per heavy atom. The number of hydrogen-bond donors (Lipinski definition) is 3. The monoisotopic (exact) mass is 754 g/mol. The number of nitrogens with one attached hydrogen (secondary N) is 1. The van der Waals surface area contributed by atoms with Crippen LogP contribution in [0.15, 0.2) is 0 Å². The summed E-state index contributed by atoms with van der Waals surface area (Å²) < 4.78 is 11.8. The topological polar surface area (TPSA) is 131 Å². The third-order valence-corrected chi connectivity index (χ3v) is 10.6. The first-order valence-corrected chi connectivity index (χ1v) is 22.6. The minimum absolute atomic E-state index is 0.0770. The number of carbonyl (C=O) groups is 3. The van der Waals surface area contributed by atoms with Crippen LogP contribution < -0.4 is 11.1 Å². The number of ether oxygens (including phenoxy) is 2. The van der Waals surface area contributed by atoms with Gasteiger partial charge in [0, 0.05) is 6.54 Å². The molecule has 0 aliphatic heterocycles. The third-order valence-electron chi connectivity index (χ3n) is 10.6. The Bertz CT molecular complexity index is 794. The van der Waals surface area contributed by atoms with Crippen LogP contribution in [-0.2, 0) is 23.9 Å². The molecule has 0 bridgehead atoms. The van der Waals surface area contributed by atoms with Crippen LogP contribution in [-0.4, -0.2) is 79.9 Å². The number of esters is 2. The predicted molar refractivity (Wildman–Crippen MR) is 221 cm³/mol. The fraction of sp³-hybridized carbons (Fsp3) is 0.932. The smallest absolute Gasteiger partial charge is 0.308 e. The van der Waals surface area contributed by atoms with Gasteiger partial charge in [-0.3, -0.25) is 14.4 Å². The Morgan fingerprint density at radius 1 is 0.547 bits per heavy atom. The maximum absolute atomic E-state index is 13.9. The van der Waals surface area contributed by atoms with Gasteiger partial charge in [-0.15, -0.1) is 0 Å². The quantitative estimate of drug-likeness (QED) is 0.0417. The summed E-state index contributed by atoms with van der Waals surface area (Å²) in [6, 6.07) is -0.502. The number of hydrogen-bond acceptors (Lipinski definition) is 8. The summed E-state index contributed by atoms with van der Waals surface area (Å²) in [7, 11) is 0. The second-order valence-electron chi connectivity index (χ2n) is 15.4. The molecule has 1 amide bonds. The second kappa shape index (κ2) is 38.6. The molecule has 3 atom stereocenters. The van der Waals surface area contributed by atoms with Gasteiger partial charge in [0.1, 0.15) is 13.2 Å². The summed E-state index contributed by atoms with van der Waals surface area (Å²) >= 11 is 0. The van der Waals surface area contributed by atoms with Gasteiger partial charge in [-0.25, -0.2) is 0 Å². The fourth-order valence-corrected chi connectivity index (χ4v) is 7.08. The molecule has 314 valence electrons. The Hall–Kier alpha value is -1.71. The van der Waals surface area contributed by atoms with E-state index in [0.717, 1.165) is 103 Å². The van der Waals surface area contributed by atoms with E-state index in [-0.39, 0.29) is 62.6 Å². The summed E-state index contributed by atoms with van der Waals surface area (Å²) in [5, 5.41) is 12.7. The van der Waals surface area contributed by atoms with Crippen LogP contribution in [0.3, 0.4) is 0 Å². The zero-order chi connectivity index (χ0) is 39.2. The molecular weight excluding hydrogens is 666 g/mol. The lowest BCUT2D eigenvalue weighted by Gasteiger charge is -2.28. The number of aliphatic hydroxyl groups is 1. The van der Waals surface area contributed by atoms with Gasteiger partial charge in [-0.2, -0.15) is 0 Å². The Labute approximate surface area is 327 Å². The van der Waals surface area contributed by atoms with Crippen LogP contribution in [0.25, 0.3) is 0 Å². The first-order valence-electron chi connectivity index (χ1n) is 22.6. The van der Waals surface area contributed by atoms with Crippen LogP contribution in [0.4, 0.5) is 0 Å². The second-order valence-corrected chi connectivity index (χ2v) is 15.4. The van der Waals surface area contributed by atoms with E-state index in [1.165, 1.54) is 64.2 Å². The van der Waals surface area contributed by atoms with E-state index in [4.69, 9.17) is 15.2 Å². The molecule has 0 aromatic carbocycles. The summed E-state index contributed by atoms with van der Waals surface area (Å²) in [6.07, 6.45) is 28.8. The van der Waals surface area contributed by atoms with Crippen LogP contribution in [0, 0.1) is 11.8 Å². The van der Waals surface area contributed by atoms with Crippen LogP contribution in [0.2, 0.25) is 0 Å². The summed E-state index contributed by atoms with van der Waals surface area (Å²) in [5.74, 6) is -0.674. The molecule has 0 aliphatic rings. The minimum Gasteiger partial charge on any atom is -0.464 e. The molecule has 0 saturated carbocycles. The highest BCUT2D eigenvalue weighted by Crippen LogP contribution is 2.22. The molecule has 0 aromatic heterocycles. The molecular formula is C44H87N3O6. The van der Waals surface area contributed by atoms with Crippen molar-refractivity contribution in [3.05, 3.63) is 0 Å². The first kappa shape index (κ1) is 51.3. The van der Waals surface area contributed by atoms with E-state index in [9.17, 15) is 19.5 Å². The molecule has 0 rings (SSSR count). The number of nitrogens with zero attached hydrogens (tertiary/aromatic N) is 1. The third kappa shape index (κ3) is 29.3. The zero-order valence-corrected chi connectivity index (χ0v) is 35.3. The Balaban J connectivity index is 5.57. The number of amides is 1. The van der Waals surface area contributed by atoms with E-state index in [1.54, 1.807) is 4.90 Å². The number of nitrogens with two attached hydrogens (primary N) is 1. The molecule has 9 heteroatoms. The van der Waals surface area contributed by atoms with Gasteiger partial charge < -0.3 is 30.5 Å². The Morgan fingerprint density at radius 3 is 1.28 bits per heavy atom. The van der Waals surface area contributed by atoms with Gasteiger partial charge >= 0.3 is 11.9 Å². The van der Waals surface area contributed by atoms with Crippen molar-refractivity contribution in [2.45, 2.75) is 207 Å². The Kier molecular flexibility index (Phi) is 37.3. The minimum atomic E-state index is -0.502. The van der Waals surface area contributed by atoms with Crippen LogP contribution >= 0.6 is 0 Å². The lowest BCUT2D eigenvalue weighted by molar-refractivity contribution is -0.152. The molecule has 4 N–H and O–H groups in total. The molecule has 0 heterocycles. The maximum Gasteiger partial charge on any atom is 0.308 e. The molecule has 9 nitrogen and oxygen atoms in total. The highest BCUT2D eigenvalue weighted by Gasteiger charge is 2.26. The summed E-state index contributed by atoms with van der Waals surface area (Å²) in [4.78, 5) is 42.4. The number of unbranched alkanes of at least 4 members (excludes halogenated alkanes) is 17. The van der Waals surface area contributed by atoms with E-state index >= 15 is 0 Å².